The molecule has 1 aromatic rings. The molecule has 0 saturated carbocycles. The molecule has 0 spiro atoms. The van der Waals surface area contributed by atoms with Crippen LogP contribution in [0.1, 0.15) is 44.2 Å². The number of rotatable bonds is 3. The average Bonchev–Trinajstić information content (AvgIpc) is 2.14. The van der Waals surface area contributed by atoms with Gasteiger partial charge in [-0.3, -0.25) is 4.79 Å². The van der Waals surface area contributed by atoms with Crippen LogP contribution in [-0.2, 0) is 4.74 Å². The van der Waals surface area contributed by atoms with Gasteiger partial charge >= 0.3 is 0 Å². The normalized spacial score (nSPS) is 13.1. The largest absolute Gasteiger partial charge is 0.493 e. The highest BCUT2D eigenvalue weighted by molar-refractivity contribution is 5.25. The maximum atomic E-state index is 11.6. The van der Waals surface area contributed by atoms with E-state index in [1.54, 1.807) is 6.92 Å². The minimum Gasteiger partial charge on any atom is -0.493 e. The van der Waals surface area contributed by atoms with Crippen molar-refractivity contribution in [2.24, 2.45) is 0 Å². The fourth-order valence-electron chi connectivity index (χ4n) is 1.31. The Morgan fingerprint density at radius 2 is 2.00 bits per heavy atom. The number of aromatic amines is 1. The summed E-state index contributed by atoms with van der Waals surface area (Å²) in [6.45, 7) is 5.39. The fourth-order valence-corrected chi connectivity index (χ4v) is 1.31. The van der Waals surface area contributed by atoms with Gasteiger partial charge in [0.15, 0.2) is 0 Å². The van der Waals surface area contributed by atoms with Crippen LogP contribution >= 0.6 is 0 Å². The van der Waals surface area contributed by atoms with E-state index in [2.05, 4.69) is 9.97 Å². The van der Waals surface area contributed by atoms with Gasteiger partial charge in [-0.1, -0.05) is 13.8 Å². The van der Waals surface area contributed by atoms with Gasteiger partial charge in [0.1, 0.15) is 11.9 Å². The lowest BCUT2D eigenvalue weighted by molar-refractivity contribution is 0.111. The van der Waals surface area contributed by atoms with E-state index in [1.807, 2.05) is 13.8 Å². The van der Waals surface area contributed by atoms with Crippen molar-refractivity contribution < 1.29 is 9.84 Å². The number of nitrogens with one attached hydrogen (secondary N) is 1. The van der Waals surface area contributed by atoms with Gasteiger partial charge < -0.3 is 14.8 Å². The van der Waals surface area contributed by atoms with Crippen LogP contribution < -0.4 is 5.56 Å². The van der Waals surface area contributed by atoms with Gasteiger partial charge in [0.05, 0.1) is 5.56 Å². The smallest absolute Gasteiger partial charge is 0.258 e. The summed E-state index contributed by atoms with van der Waals surface area (Å²) < 4.78 is 5.00. The second-order valence-electron chi connectivity index (χ2n) is 3.72. The topological polar surface area (TPSA) is 75.2 Å². The first kappa shape index (κ1) is 11.7. The van der Waals surface area contributed by atoms with Gasteiger partial charge in [0, 0.05) is 7.11 Å². The van der Waals surface area contributed by atoms with Gasteiger partial charge in [-0.05, 0) is 12.8 Å². The molecular formula is C10H16N2O3. The summed E-state index contributed by atoms with van der Waals surface area (Å²) in [7, 11) is 1.51. The average molecular weight is 212 g/mol. The summed E-state index contributed by atoms with van der Waals surface area (Å²) in [5.74, 6) is 0.0604. The quantitative estimate of drug-likeness (QED) is 0.792. The van der Waals surface area contributed by atoms with Crippen molar-refractivity contribution in [1.82, 2.24) is 9.97 Å². The van der Waals surface area contributed by atoms with E-state index in [1.165, 1.54) is 7.11 Å². The van der Waals surface area contributed by atoms with E-state index in [0.717, 1.165) is 0 Å². The van der Waals surface area contributed by atoms with Gasteiger partial charge in [-0.2, -0.15) is 4.98 Å². The van der Waals surface area contributed by atoms with Crippen molar-refractivity contribution in [3.05, 3.63) is 21.7 Å². The first-order valence-corrected chi connectivity index (χ1v) is 4.83. The van der Waals surface area contributed by atoms with Crippen LogP contribution in [0.15, 0.2) is 4.79 Å². The minimum atomic E-state index is -0.343. The van der Waals surface area contributed by atoms with Crippen molar-refractivity contribution >= 4 is 0 Å². The van der Waals surface area contributed by atoms with Crippen molar-refractivity contribution in [2.45, 2.75) is 32.8 Å². The molecule has 1 atom stereocenters. The molecule has 1 unspecified atom stereocenters. The molecule has 15 heavy (non-hydrogen) atoms. The fraction of sp³-hybridized carbons (Fsp3) is 0.600. The molecule has 1 aromatic heterocycles. The Kier molecular flexibility index (Phi) is 3.47. The van der Waals surface area contributed by atoms with Crippen LogP contribution in [0.2, 0.25) is 0 Å². The third kappa shape index (κ3) is 2.36. The highest BCUT2D eigenvalue weighted by Gasteiger charge is 2.16. The maximum absolute atomic E-state index is 11.6. The predicted octanol–water partition coefficient (Wildman–Crippen LogP) is 1.31. The Labute approximate surface area is 88.1 Å². The summed E-state index contributed by atoms with van der Waals surface area (Å²) >= 11 is 0. The molecule has 0 aliphatic heterocycles. The molecule has 84 valence electrons. The highest BCUT2D eigenvalue weighted by Crippen LogP contribution is 2.20. The number of hydrogen-bond acceptors (Lipinski definition) is 4. The number of H-pyrrole nitrogens is 1. The third-order valence-electron chi connectivity index (χ3n) is 2.27. The number of methoxy groups -OCH3 is 1. The number of ether oxygens (including phenoxy) is 1. The Morgan fingerprint density at radius 1 is 1.40 bits per heavy atom. The van der Waals surface area contributed by atoms with E-state index < -0.39 is 0 Å². The monoisotopic (exact) mass is 212 g/mol. The summed E-state index contributed by atoms with van der Waals surface area (Å²) in [6.07, 6.45) is -0.343. The number of nitrogens with zero attached hydrogens (tertiary/aromatic N) is 1. The van der Waals surface area contributed by atoms with Gasteiger partial charge in [-0.15, -0.1) is 0 Å². The van der Waals surface area contributed by atoms with Crippen LogP contribution in [0.4, 0.5) is 0 Å². The molecule has 5 heteroatoms. The molecule has 0 amide bonds. The summed E-state index contributed by atoms with van der Waals surface area (Å²) in [5.41, 5.74) is -0.00143. The maximum Gasteiger partial charge on any atom is 0.258 e. The summed E-state index contributed by atoms with van der Waals surface area (Å²) in [6, 6.07) is 0. The molecular weight excluding hydrogens is 196 g/mol. The molecule has 0 bridgehead atoms. The predicted molar refractivity (Wildman–Crippen MR) is 56.0 cm³/mol. The van der Waals surface area contributed by atoms with Crippen LogP contribution in [-0.4, -0.2) is 22.2 Å². The molecule has 0 radical (unpaired) electrons. The molecule has 0 saturated heterocycles. The zero-order chi connectivity index (χ0) is 11.6. The minimum absolute atomic E-state index is 0.0619. The Balaban J connectivity index is 3.26. The third-order valence-corrected chi connectivity index (χ3v) is 2.27. The molecule has 0 aliphatic carbocycles. The first-order valence-electron chi connectivity index (χ1n) is 4.83. The van der Waals surface area contributed by atoms with Crippen molar-refractivity contribution in [2.75, 3.05) is 7.11 Å². The Hall–Kier alpha value is -1.36. The molecule has 1 rings (SSSR count). The van der Waals surface area contributed by atoms with Crippen molar-refractivity contribution in [1.29, 1.82) is 0 Å². The standard InChI is InChI=1S/C10H16N2O3/c1-5(2)7-9(13)11-8(6(3)15-4)12-10(7)14/h5-6H,1-4H3,(H2,11,12,13,14). The van der Waals surface area contributed by atoms with E-state index in [9.17, 15) is 9.90 Å². The zero-order valence-electron chi connectivity index (χ0n) is 9.37. The summed E-state index contributed by atoms with van der Waals surface area (Å²) in [4.78, 5) is 18.1. The second kappa shape index (κ2) is 4.44. The Morgan fingerprint density at radius 3 is 2.40 bits per heavy atom. The molecule has 1 heterocycles. The summed E-state index contributed by atoms with van der Waals surface area (Å²) in [5, 5.41) is 9.60. The molecule has 0 fully saturated rings. The number of hydrogen-bond donors (Lipinski definition) is 2. The van der Waals surface area contributed by atoms with Crippen LogP contribution in [0.25, 0.3) is 0 Å². The van der Waals surface area contributed by atoms with Gasteiger partial charge in [-0.25, -0.2) is 0 Å². The van der Waals surface area contributed by atoms with Gasteiger partial charge in [0.2, 0.25) is 5.88 Å². The SMILES string of the molecule is COC(C)c1nc(O)c(C(C)C)c(=O)[nH]1. The van der Waals surface area contributed by atoms with E-state index >= 15 is 0 Å². The highest BCUT2D eigenvalue weighted by atomic mass is 16.5. The zero-order valence-corrected chi connectivity index (χ0v) is 9.37. The number of aromatic nitrogens is 2. The van der Waals surface area contributed by atoms with E-state index in [4.69, 9.17) is 4.74 Å². The lowest BCUT2D eigenvalue weighted by atomic mass is 10.1. The van der Waals surface area contributed by atoms with Crippen LogP contribution in [0, 0.1) is 0 Å². The lowest BCUT2D eigenvalue weighted by Crippen LogP contribution is -2.19. The van der Waals surface area contributed by atoms with Crippen molar-refractivity contribution in [3.63, 3.8) is 0 Å². The second-order valence-corrected chi connectivity index (χ2v) is 3.72. The number of aromatic hydroxyl groups is 1. The van der Waals surface area contributed by atoms with E-state index in [-0.39, 0.29) is 23.5 Å². The first-order chi connectivity index (χ1) is 6.97. The Bertz CT molecular complexity index is 398. The van der Waals surface area contributed by atoms with Crippen molar-refractivity contribution in [3.8, 4) is 5.88 Å². The van der Waals surface area contributed by atoms with Crippen LogP contribution in [0.5, 0.6) is 5.88 Å². The molecule has 0 aliphatic rings. The molecule has 2 N–H and O–H groups in total. The lowest BCUT2D eigenvalue weighted by Gasteiger charge is -2.11. The van der Waals surface area contributed by atoms with Crippen LogP contribution in [0.3, 0.4) is 0 Å². The molecule has 0 aromatic carbocycles. The molecule has 5 nitrogen and oxygen atoms in total. The van der Waals surface area contributed by atoms with Gasteiger partial charge in [0.25, 0.3) is 5.56 Å². The van der Waals surface area contributed by atoms with E-state index in [0.29, 0.717) is 11.4 Å².